The molecule has 0 fully saturated rings. The van der Waals surface area contributed by atoms with Crippen molar-refractivity contribution in [2.75, 3.05) is 6.61 Å². The number of aliphatic hydroxyl groups is 1. The second-order valence-electron chi connectivity index (χ2n) is 3.65. The van der Waals surface area contributed by atoms with Gasteiger partial charge in [0.25, 0.3) is 0 Å². The van der Waals surface area contributed by atoms with E-state index in [0.717, 1.165) is 12.8 Å². The quantitative estimate of drug-likeness (QED) is 0.712. The number of rotatable bonds is 6. The highest BCUT2D eigenvalue weighted by Crippen LogP contribution is 2.11. The molecule has 4 heteroatoms. The van der Waals surface area contributed by atoms with Crippen LogP contribution in [-0.4, -0.2) is 16.7 Å². The van der Waals surface area contributed by atoms with Crippen LogP contribution in [0.5, 0.6) is 6.08 Å². The van der Waals surface area contributed by atoms with E-state index < -0.39 is 0 Å². The lowest BCUT2D eigenvalue weighted by Crippen LogP contribution is -1.99. The highest BCUT2D eigenvalue weighted by Gasteiger charge is 2.03. The fourth-order valence-electron chi connectivity index (χ4n) is 1.08. The predicted molar refractivity (Wildman–Crippen MR) is 52.0 cm³/mol. The molecule has 0 spiro atoms. The maximum absolute atomic E-state index is 8.72. The molecule has 0 radical (unpaired) electrons. The van der Waals surface area contributed by atoms with E-state index in [0.29, 0.717) is 18.2 Å². The number of aromatic nitrogens is 1. The number of oxazole rings is 1. The maximum Gasteiger partial charge on any atom is 0.393 e. The zero-order valence-corrected chi connectivity index (χ0v) is 8.69. The van der Waals surface area contributed by atoms with Gasteiger partial charge in [-0.25, -0.2) is 0 Å². The molecule has 1 rings (SSSR count). The van der Waals surface area contributed by atoms with Crippen LogP contribution in [0.1, 0.15) is 32.4 Å². The van der Waals surface area contributed by atoms with Crippen molar-refractivity contribution in [2.24, 2.45) is 5.92 Å². The van der Waals surface area contributed by atoms with Gasteiger partial charge in [-0.1, -0.05) is 13.8 Å². The topological polar surface area (TPSA) is 55.5 Å². The molecule has 0 aliphatic rings. The van der Waals surface area contributed by atoms with Crippen molar-refractivity contribution in [3.05, 3.63) is 12.0 Å². The molecular formula is C10H17NO3. The fraction of sp³-hybridized carbons (Fsp3) is 0.700. The summed E-state index contributed by atoms with van der Waals surface area (Å²) in [6.07, 6.45) is 3.78. The predicted octanol–water partition coefficient (Wildman–Crippen LogP) is 1.98. The van der Waals surface area contributed by atoms with Gasteiger partial charge in [-0.05, 0) is 18.8 Å². The molecule has 0 aliphatic carbocycles. The Labute approximate surface area is 83.9 Å². The number of ether oxygens (including phenoxy) is 1. The second kappa shape index (κ2) is 5.65. The van der Waals surface area contributed by atoms with Crippen molar-refractivity contribution >= 4 is 0 Å². The second-order valence-corrected chi connectivity index (χ2v) is 3.65. The Balaban J connectivity index is 2.18. The minimum absolute atomic E-state index is 0.112. The van der Waals surface area contributed by atoms with Crippen molar-refractivity contribution in [2.45, 2.75) is 33.3 Å². The lowest BCUT2D eigenvalue weighted by molar-refractivity contribution is 0.220. The molecule has 1 aromatic rings. The van der Waals surface area contributed by atoms with E-state index in [1.165, 1.54) is 6.26 Å². The summed E-state index contributed by atoms with van der Waals surface area (Å²) in [5, 5.41) is 8.72. The van der Waals surface area contributed by atoms with Crippen molar-refractivity contribution in [3.63, 3.8) is 0 Å². The molecule has 0 bridgehead atoms. The minimum atomic E-state index is -0.112. The Morgan fingerprint density at radius 1 is 1.57 bits per heavy atom. The van der Waals surface area contributed by atoms with Crippen LogP contribution in [0.3, 0.4) is 0 Å². The molecular weight excluding hydrogens is 182 g/mol. The molecule has 0 aromatic carbocycles. The monoisotopic (exact) mass is 199 g/mol. The van der Waals surface area contributed by atoms with Crippen LogP contribution in [0.15, 0.2) is 10.7 Å². The summed E-state index contributed by atoms with van der Waals surface area (Å²) in [5.41, 5.74) is 0.504. The van der Waals surface area contributed by atoms with Gasteiger partial charge in [-0.3, -0.25) is 0 Å². The largest absolute Gasteiger partial charge is 0.450 e. The van der Waals surface area contributed by atoms with Crippen LogP contribution in [0.4, 0.5) is 0 Å². The fourth-order valence-corrected chi connectivity index (χ4v) is 1.08. The lowest BCUT2D eigenvalue weighted by atomic mass is 10.1. The van der Waals surface area contributed by atoms with Crippen molar-refractivity contribution in [3.8, 4) is 6.08 Å². The van der Waals surface area contributed by atoms with E-state index in [9.17, 15) is 0 Å². The van der Waals surface area contributed by atoms with Gasteiger partial charge in [-0.2, -0.15) is 4.98 Å². The zero-order valence-electron chi connectivity index (χ0n) is 8.69. The summed E-state index contributed by atoms with van der Waals surface area (Å²) in [7, 11) is 0. The summed E-state index contributed by atoms with van der Waals surface area (Å²) in [6.45, 7) is 4.85. The highest BCUT2D eigenvalue weighted by molar-refractivity contribution is 4.97. The van der Waals surface area contributed by atoms with Gasteiger partial charge in [0.1, 0.15) is 12.0 Å². The molecule has 0 atom stereocenters. The van der Waals surface area contributed by atoms with Crippen LogP contribution in [0.2, 0.25) is 0 Å². The average molecular weight is 199 g/mol. The first-order valence-corrected chi connectivity index (χ1v) is 4.90. The van der Waals surface area contributed by atoms with Gasteiger partial charge in [0.2, 0.25) is 0 Å². The summed E-state index contributed by atoms with van der Waals surface area (Å²) >= 11 is 0. The van der Waals surface area contributed by atoms with E-state index in [1.807, 2.05) is 0 Å². The van der Waals surface area contributed by atoms with Crippen LogP contribution < -0.4 is 4.74 Å². The van der Waals surface area contributed by atoms with E-state index in [2.05, 4.69) is 18.8 Å². The molecule has 0 saturated heterocycles. The van der Waals surface area contributed by atoms with Gasteiger partial charge in [-0.15, -0.1) is 0 Å². The third kappa shape index (κ3) is 3.79. The zero-order chi connectivity index (χ0) is 10.4. The Morgan fingerprint density at radius 3 is 2.93 bits per heavy atom. The first-order chi connectivity index (χ1) is 6.72. The van der Waals surface area contributed by atoms with Crippen LogP contribution in [0, 0.1) is 5.92 Å². The van der Waals surface area contributed by atoms with E-state index in [-0.39, 0.29) is 12.7 Å². The third-order valence-electron chi connectivity index (χ3n) is 1.84. The maximum atomic E-state index is 8.72. The Kier molecular flexibility index (Phi) is 4.46. The van der Waals surface area contributed by atoms with Gasteiger partial charge >= 0.3 is 6.08 Å². The first-order valence-electron chi connectivity index (χ1n) is 4.90. The van der Waals surface area contributed by atoms with Gasteiger partial charge in [0, 0.05) is 0 Å². The Hall–Kier alpha value is -1.03. The number of aliphatic hydroxyl groups excluding tert-OH is 1. The molecule has 80 valence electrons. The molecule has 1 N–H and O–H groups in total. The van der Waals surface area contributed by atoms with E-state index in [1.54, 1.807) is 0 Å². The first kappa shape index (κ1) is 11.0. The molecule has 4 nitrogen and oxygen atoms in total. The minimum Gasteiger partial charge on any atom is -0.450 e. The summed E-state index contributed by atoms with van der Waals surface area (Å²) in [6, 6.07) is 0. The SMILES string of the molecule is CC(C)CCCOc1nc(CO)co1. The third-order valence-corrected chi connectivity index (χ3v) is 1.84. The van der Waals surface area contributed by atoms with Crippen LogP contribution >= 0.6 is 0 Å². The summed E-state index contributed by atoms with van der Waals surface area (Å²) in [4.78, 5) is 3.91. The van der Waals surface area contributed by atoms with Crippen molar-refractivity contribution < 1.29 is 14.3 Å². The lowest BCUT2D eigenvalue weighted by Gasteiger charge is -2.03. The molecule has 0 unspecified atom stereocenters. The highest BCUT2D eigenvalue weighted by atomic mass is 16.6. The summed E-state index contributed by atoms with van der Waals surface area (Å²) in [5.74, 6) is 0.691. The van der Waals surface area contributed by atoms with Gasteiger partial charge in [0.15, 0.2) is 0 Å². The number of hydrogen-bond acceptors (Lipinski definition) is 4. The average Bonchev–Trinajstić information content (AvgIpc) is 2.60. The van der Waals surface area contributed by atoms with Crippen molar-refractivity contribution in [1.29, 1.82) is 0 Å². The molecule has 0 amide bonds. The van der Waals surface area contributed by atoms with Gasteiger partial charge < -0.3 is 14.3 Å². The van der Waals surface area contributed by atoms with Crippen LogP contribution in [-0.2, 0) is 6.61 Å². The van der Waals surface area contributed by atoms with Gasteiger partial charge in [0.05, 0.1) is 13.2 Å². The van der Waals surface area contributed by atoms with Crippen LogP contribution in [0.25, 0.3) is 0 Å². The number of nitrogens with zero attached hydrogens (tertiary/aromatic N) is 1. The number of hydrogen-bond donors (Lipinski definition) is 1. The normalized spacial score (nSPS) is 10.9. The summed E-state index contributed by atoms with van der Waals surface area (Å²) < 4.78 is 10.2. The molecule has 1 heterocycles. The Morgan fingerprint density at radius 2 is 2.36 bits per heavy atom. The molecule has 0 aliphatic heterocycles. The standard InChI is InChI=1S/C10H17NO3/c1-8(2)4-3-5-13-10-11-9(6-12)7-14-10/h7-8,12H,3-6H2,1-2H3. The smallest absolute Gasteiger partial charge is 0.393 e. The molecule has 1 aromatic heterocycles. The molecule has 14 heavy (non-hydrogen) atoms. The molecule has 0 saturated carbocycles. The van der Waals surface area contributed by atoms with E-state index >= 15 is 0 Å². The van der Waals surface area contributed by atoms with E-state index in [4.69, 9.17) is 14.3 Å². The Bertz CT molecular complexity index is 258. The van der Waals surface area contributed by atoms with Crippen molar-refractivity contribution in [1.82, 2.24) is 4.98 Å².